The second-order valence-electron chi connectivity index (χ2n) is 5.81. The molecule has 0 aromatic heterocycles. The monoisotopic (exact) mass is 379 g/mol. The standard InChI is InChI=1S/C18H18FNO5S/c19-14-5-1-2-6-15(14)20-17(21)8-11-26(22,23)12-13-4-3-7-16-18(13)25-10-9-24-16/h1-7H,8-12H2,(H,20,21). The molecule has 6 nitrogen and oxygen atoms in total. The molecule has 138 valence electrons. The summed E-state index contributed by atoms with van der Waals surface area (Å²) in [5.74, 6) is -0.797. The van der Waals surface area contributed by atoms with Gasteiger partial charge in [0.1, 0.15) is 19.0 Å². The number of nitrogens with one attached hydrogen (secondary N) is 1. The Hall–Kier alpha value is -2.61. The summed E-state index contributed by atoms with van der Waals surface area (Å²) in [6.07, 6.45) is -0.261. The van der Waals surface area contributed by atoms with Gasteiger partial charge in [0.05, 0.1) is 17.2 Å². The van der Waals surface area contributed by atoms with Gasteiger partial charge in [-0.3, -0.25) is 4.79 Å². The minimum Gasteiger partial charge on any atom is -0.486 e. The van der Waals surface area contributed by atoms with Gasteiger partial charge in [0.2, 0.25) is 5.91 Å². The lowest BCUT2D eigenvalue weighted by Crippen LogP contribution is -2.20. The Kier molecular flexibility index (Phi) is 5.41. The molecular weight excluding hydrogens is 361 g/mol. The van der Waals surface area contributed by atoms with E-state index in [9.17, 15) is 17.6 Å². The molecule has 0 fully saturated rings. The molecule has 0 unspecified atom stereocenters. The van der Waals surface area contributed by atoms with Crippen LogP contribution in [0, 0.1) is 5.82 Å². The molecule has 0 radical (unpaired) electrons. The van der Waals surface area contributed by atoms with Crippen LogP contribution in [0.4, 0.5) is 10.1 Å². The number of sulfone groups is 1. The maximum Gasteiger partial charge on any atom is 0.225 e. The predicted octanol–water partition coefficient (Wildman–Crippen LogP) is 2.54. The van der Waals surface area contributed by atoms with Crippen LogP contribution >= 0.6 is 0 Å². The van der Waals surface area contributed by atoms with Crippen molar-refractivity contribution >= 4 is 21.4 Å². The molecule has 1 aliphatic rings. The number of carbonyl (C=O) groups is 1. The van der Waals surface area contributed by atoms with E-state index in [1.807, 2.05) is 0 Å². The molecule has 0 bridgehead atoms. The van der Waals surface area contributed by atoms with Gasteiger partial charge < -0.3 is 14.8 Å². The van der Waals surface area contributed by atoms with Crippen molar-refractivity contribution in [1.82, 2.24) is 0 Å². The first-order valence-corrected chi connectivity index (χ1v) is 9.89. The van der Waals surface area contributed by atoms with E-state index < -0.39 is 21.6 Å². The zero-order chi connectivity index (χ0) is 18.6. The van der Waals surface area contributed by atoms with Crippen molar-refractivity contribution in [2.75, 3.05) is 24.3 Å². The van der Waals surface area contributed by atoms with Crippen molar-refractivity contribution in [2.24, 2.45) is 0 Å². The van der Waals surface area contributed by atoms with Crippen LogP contribution in [-0.4, -0.2) is 33.3 Å². The summed E-state index contributed by atoms with van der Waals surface area (Å²) in [5, 5.41) is 2.37. The van der Waals surface area contributed by atoms with Gasteiger partial charge in [0.25, 0.3) is 0 Å². The number of carbonyl (C=O) groups excluding carboxylic acids is 1. The topological polar surface area (TPSA) is 81.7 Å². The van der Waals surface area contributed by atoms with E-state index in [4.69, 9.17) is 9.47 Å². The van der Waals surface area contributed by atoms with Crippen molar-refractivity contribution in [2.45, 2.75) is 12.2 Å². The number of fused-ring (bicyclic) bond motifs is 1. The molecule has 1 N–H and O–H groups in total. The minimum atomic E-state index is -3.56. The maximum absolute atomic E-state index is 13.5. The highest BCUT2D eigenvalue weighted by Gasteiger charge is 2.21. The zero-order valence-electron chi connectivity index (χ0n) is 13.9. The fourth-order valence-corrected chi connectivity index (χ4v) is 3.92. The number of rotatable bonds is 6. The molecule has 26 heavy (non-hydrogen) atoms. The molecule has 1 aliphatic heterocycles. The Balaban J connectivity index is 1.61. The molecular formula is C18H18FNO5S. The average molecular weight is 379 g/mol. The molecule has 1 amide bonds. The lowest BCUT2D eigenvalue weighted by molar-refractivity contribution is -0.115. The first-order valence-electron chi connectivity index (χ1n) is 8.07. The minimum absolute atomic E-state index is 0.0255. The van der Waals surface area contributed by atoms with Crippen molar-refractivity contribution in [3.8, 4) is 11.5 Å². The van der Waals surface area contributed by atoms with Gasteiger partial charge in [0.15, 0.2) is 21.3 Å². The summed E-state index contributed by atoms with van der Waals surface area (Å²) in [7, 11) is -3.56. The highest BCUT2D eigenvalue weighted by Crippen LogP contribution is 2.34. The van der Waals surface area contributed by atoms with Gasteiger partial charge in [-0.1, -0.05) is 24.3 Å². The Bertz CT molecular complexity index is 914. The Morgan fingerprint density at radius 3 is 2.65 bits per heavy atom. The lowest BCUT2D eigenvalue weighted by Gasteiger charge is -2.20. The third kappa shape index (κ3) is 4.51. The average Bonchev–Trinajstić information content (AvgIpc) is 2.62. The molecule has 0 saturated carbocycles. The normalized spacial score (nSPS) is 13.3. The summed E-state index contributed by atoms with van der Waals surface area (Å²) < 4.78 is 49.2. The molecule has 2 aromatic carbocycles. The third-order valence-electron chi connectivity index (χ3n) is 3.81. The largest absolute Gasteiger partial charge is 0.486 e. The number of halogens is 1. The number of amides is 1. The number of para-hydroxylation sites is 2. The van der Waals surface area contributed by atoms with Crippen molar-refractivity contribution < 1.29 is 27.1 Å². The van der Waals surface area contributed by atoms with Gasteiger partial charge in [-0.2, -0.15) is 0 Å². The first kappa shape index (κ1) is 18.2. The summed E-state index contributed by atoms with van der Waals surface area (Å²) in [4.78, 5) is 11.9. The van der Waals surface area contributed by atoms with Gasteiger partial charge in [-0.15, -0.1) is 0 Å². The van der Waals surface area contributed by atoms with E-state index in [1.54, 1.807) is 24.3 Å². The van der Waals surface area contributed by atoms with E-state index in [1.165, 1.54) is 18.2 Å². The smallest absolute Gasteiger partial charge is 0.225 e. The van der Waals surface area contributed by atoms with Crippen molar-refractivity contribution in [3.63, 3.8) is 0 Å². The fraction of sp³-hybridized carbons (Fsp3) is 0.278. The highest BCUT2D eigenvalue weighted by atomic mass is 32.2. The Labute approximate surface area is 150 Å². The molecule has 1 heterocycles. The number of anilines is 1. The SMILES string of the molecule is O=C(CCS(=O)(=O)Cc1cccc2c1OCCO2)Nc1ccccc1F. The van der Waals surface area contributed by atoms with E-state index in [-0.39, 0.29) is 23.6 Å². The fourth-order valence-electron chi connectivity index (χ4n) is 2.58. The molecule has 0 aliphatic carbocycles. The second kappa shape index (κ2) is 7.74. The van der Waals surface area contributed by atoms with Crippen LogP contribution in [0.2, 0.25) is 0 Å². The zero-order valence-corrected chi connectivity index (χ0v) is 14.7. The molecule has 3 rings (SSSR count). The molecule has 0 atom stereocenters. The number of ether oxygens (including phenoxy) is 2. The summed E-state index contributed by atoms with van der Waals surface area (Å²) >= 11 is 0. The summed E-state index contributed by atoms with van der Waals surface area (Å²) in [6.45, 7) is 0.772. The molecule has 0 saturated heterocycles. The predicted molar refractivity (Wildman–Crippen MR) is 94.6 cm³/mol. The van der Waals surface area contributed by atoms with Gasteiger partial charge in [-0.25, -0.2) is 12.8 Å². The van der Waals surface area contributed by atoms with Crippen LogP contribution in [0.25, 0.3) is 0 Å². The van der Waals surface area contributed by atoms with Crippen LogP contribution in [-0.2, 0) is 20.4 Å². The third-order valence-corrected chi connectivity index (χ3v) is 5.39. The Morgan fingerprint density at radius 1 is 1.08 bits per heavy atom. The van der Waals surface area contributed by atoms with E-state index >= 15 is 0 Å². The number of hydrogen-bond donors (Lipinski definition) is 1. The van der Waals surface area contributed by atoms with Gasteiger partial charge >= 0.3 is 0 Å². The highest BCUT2D eigenvalue weighted by molar-refractivity contribution is 7.90. The molecule has 0 spiro atoms. The first-order chi connectivity index (χ1) is 12.4. The van der Waals surface area contributed by atoms with Crippen molar-refractivity contribution in [1.29, 1.82) is 0 Å². The van der Waals surface area contributed by atoms with E-state index in [0.717, 1.165) is 0 Å². The van der Waals surface area contributed by atoms with Crippen LogP contribution < -0.4 is 14.8 Å². The van der Waals surface area contributed by atoms with E-state index in [0.29, 0.717) is 30.3 Å². The van der Waals surface area contributed by atoms with Crippen LogP contribution in [0.15, 0.2) is 42.5 Å². The van der Waals surface area contributed by atoms with Crippen molar-refractivity contribution in [3.05, 3.63) is 53.8 Å². The Morgan fingerprint density at radius 2 is 1.85 bits per heavy atom. The maximum atomic E-state index is 13.5. The summed E-state index contributed by atoms with van der Waals surface area (Å²) in [6, 6.07) is 10.8. The summed E-state index contributed by atoms with van der Waals surface area (Å²) in [5.41, 5.74) is 0.522. The molecule has 2 aromatic rings. The van der Waals surface area contributed by atoms with Gasteiger partial charge in [0, 0.05) is 12.0 Å². The molecule has 8 heteroatoms. The van der Waals surface area contributed by atoms with Crippen LogP contribution in [0.5, 0.6) is 11.5 Å². The van der Waals surface area contributed by atoms with E-state index in [2.05, 4.69) is 5.32 Å². The number of hydrogen-bond acceptors (Lipinski definition) is 5. The lowest BCUT2D eigenvalue weighted by atomic mass is 10.2. The van der Waals surface area contributed by atoms with Crippen LogP contribution in [0.3, 0.4) is 0 Å². The van der Waals surface area contributed by atoms with Gasteiger partial charge in [-0.05, 0) is 18.2 Å². The quantitative estimate of drug-likeness (QED) is 0.834. The second-order valence-corrected chi connectivity index (χ2v) is 8.00. The number of benzene rings is 2. The van der Waals surface area contributed by atoms with Crippen LogP contribution in [0.1, 0.15) is 12.0 Å².